The molecule has 19 heavy (non-hydrogen) atoms. The third kappa shape index (κ3) is 2.92. The van der Waals surface area contributed by atoms with Crippen molar-refractivity contribution in [2.75, 3.05) is 14.1 Å². The minimum atomic E-state index is 0.0578. The molecule has 1 fully saturated rings. The summed E-state index contributed by atoms with van der Waals surface area (Å²) >= 11 is 12.5. The Balaban J connectivity index is 2.22. The van der Waals surface area contributed by atoms with Crippen LogP contribution in [-0.4, -0.2) is 30.6 Å². The van der Waals surface area contributed by atoms with Crippen molar-refractivity contribution in [2.24, 2.45) is 5.73 Å². The summed E-state index contributed by atoms with van der Waals surface area (Å²) < 4.78 is 0. The Morgan fingerprint density at radius 2 is 1.74 bits per heavy atom. The van der Waals surface area contributed by atoms with Gasteiger partial charge in [-0.05, 0) is 51.1 Å². The van der Waals surface area contributed by atoms with Gasteiger partial charge in [0.15, 0.2) is 0 Å². The van der Waals surface area contributed by atoms with E-state index in [2.05, 4.69) is 19.0 Å². The van der Waals surface area contributed by atoms with E-state index in [9.17, 15) is 0 Å². The number of rotatable bonds is 4. The molecular formula is C15H22Cl2N2. The Morgan fingerprint density at radius 1 is 1.21 bits per heavy atom. The summed E-state index contributed by atoms with van der Waals surface area (Å²) in [4.78, 5) is 2.29. The highest BCUT2D eigenvalue weighted by Gasteiger charge is 2.41. The molecule has 2 nitrogen and oxygen atoms in total. The zero-order chi connectivity index (χ0) is 14.0. The molecule has 1 unspecified atom stereocenters. The summed E-state index contributed by atoms with van der Waals surface area (Å²) in [5.41, 5.74) is 7.59. The number of hydrogen-bond donors (Lipinski definition) is 1. The van der Waals surface area contributed by atoms with E-state index in [0.29, 0.717) is 0 Å². The maximum Gasteiger partial charge on any atom is 0.0453 e. The normalized spacial score (nSPS) is 19.9. The van der Waals surface area contributed by atoms with Crippen LogP contribution in [0.1, 0.15) is 31.2 Å². The zero-order valence-corrected chi connectivity index (χ0v) is 13.1. The molecule has 0 saturated heterocycles. The van der Waals surface area contributed by atoms with E-state index in [1.165, 1.54) is 12.8 Å². The molecule has 1 aromatic rings. The van der Waals surface area contributed by atoms with Crippen LogP contribution < -0.4 is 5.73 Å². The quantitative estimate of drug-likeness (QED) is 0.918. The number of nitrogens with two attached hydrogens (primary N) is 1. The summed E-state index contributed by atoms with van der Waals surface area (Å²) in [6.07, 6.45) is 5.55. The van der Waals surface area contributed by atoms with E-state index >= 15 is 0 Å². The molecule has 1 aliphatic rings. The predicted octanol–water partition coefficient (Wildman–Crippen LogP) is 3.74. The monoisotopic (exact) mass is 300 g/mol. The Bertz CT molecular complexity index is 420. The second kappa shape index (κ2) is 6.01. The lowest BCUT2D eigenvalue weighted by Gasteiger charge is -2.41. The van der Waals surface area contributed by atoms with Gasteiger partial charge in [-0.25, -0.2) is 0 Å². The first-order valence-corrected chi connectivity index (χ1v) is 7.59. The third-order valence-electron chi connectivity index (χ3n) is 4.54. The summed E-state index contributed by atoms with van der Waals surface area (Å²) in [7, 11) is 4.25. The van der Waals surface area contributed by atoms with Gasteiger partial charge in [0.2, 0.25) is 0 Å². The van der Waals surface area contributed by atoms with Crippen molar-refractivity contribution in [3.05, 3.63) is 33.8 Å². The van der Waals surface area contributed by atoms with E-state index in [1.54, 1.807) is 0 Å². The molecule has 1 atom stereocenters. The lowest BCUT2D eigenvalue weighted by Crippen LogP contribution is -2.56. The van der Waals surface area contributed by atoms with Crippen LogP contribution in [0.25, 0.3) is 0 Å². The summed E-state index contributed by atoms with van der Waals surface area (Å²) in [5.74, 6) is 0. The van der Waals surface area contributed by atoms with Crippen LogP contribution in [0.15, 0.2) is 18.2 Å². The zero-order valence-electron chi connectivity index (χ0n) is 11.6. The molecular weight excluding hydrogens is 279 g/mol. The van der Waals surface area contributed by atoms with E-state index in [0.717, 1.165) is 34.9 Å². The SMILES string of the molecule is CN(C)C1(C(N)Cc2c(Cl)cccc2Cl)CCCC1. The van der Waals surface area contributed by atoms with Crippen molar-refractivity contribution in [1.29, 1.82) is 0 Å². The van der Waals surface area contributed by atoms with Crippen LogP contribution >= 0.6 is 23.2 Å². The molecule has 2 rings (SSSR count). The molecule has 106 valence electrons. The highest BCUT2D eigenvalue weighted by Crippen LogP contribution is 2.38. The Labute approximate surface area is 125 Å². The van der Waals surface area contributed by atoms with Gasteiger partial charge in [0.05, 0.1) is 0 Å². The van der Waals surface area contributed by atoms with Gasteiger partial charge < -0.3 is 10.6 Å². The van der Waals surface area contributed by atoms with Crippen LogP contribution in [0.3, 0.4) is 0 Å². The maximum absolute atomic E-state index is 6.53. The van der Waals surface area contributed by atoms with Crippen molar-refractivity contribution in [1.82, 2.24) is 4.90 Å². The van der Waals surface area contributed by atoms with Gasteiger partial charge in [-0.2, -0.15) is 0 Å². The predicted molar refractivity (Wildman–Crippen MR) is 83.0 cm³/mol. The number of nitrogens with zero attached hydrogens (tertiary/aromatic N) is 1. The molecule has 0 aliphatic heterocycles. The van der Waals surface area contributed by atoms with Crippen LogP contribution in [0.5, 0.6) is 0 Å². The van der Waals surface area contributed by atoms with Gasteiger partial charge in [-0.1, -0.05) is 42.1 Å². The molecule has 4 heteroatoms. The van der Waals surface area contributed by atoms with Crippen molar-refractivity contribution >= 4 is 23.2 Å². The second-order valence-electron chi connectivity index (χ2n) is 5.72. The van der Waals surface area contributed by atoms with Crippen LogP contribution in [0.2, 0.25) is 10.0 Å². The summed E-state index contributed by atoms with van der Waals surface area (Å²) in [6, 6.07) is 5.69. The van der Waals surface area contributed by atoms with Gasteiger partial charge >= 0.3 is 0 Å². The fraction of sp³-hybridized carbons (Fsp3) is 0.600. The Kier molecular flexibility index (Phi) is 4.78. The minimum Gasteiger partial charge on any atom is -0.326 e. The summed E-state index contributed by atoms with van der Waals surface area (Å²) in [5, 5.41) is 1.43. The Morgan fingerprint density at radius 3 is 2.21 bits per heavy atom. The largest absolute Gasteiger partial charge is 0.326 e. The van der Waals surface area contributed by atoms with Crippen molar-refractivity contribution in [3.63, 3.8) is 0 Å². The first kappa shape index (κ1) is 15.1. The molecule has 1 aromatic carbocycles. The molecule has 0 bridgehead atoms. The smallest absolute Gasteiger partial charge is 0.0453 e. The summed E-state index contributed by atoms with van der Waals surface area (Å²) in [6.45, 7) is 0. The molecule has 0 aromatic heterocycles. The van der Waals surface area contributed by atoms with Crippen LogP contribution in [-0.2, 0) is 6.42 Å². The number of benzene rings is 1. The fourth-order valence-corrected chi connectivity index (χ4v) is 3.83. The minimum absolute atomic E-state index is 0.0578. The van der Waals surface area contributed by atoms with Crippen molar-refractivity contribution < 1.29 is 0 Å². The highest BCUT2D eigenvalue weighted by atomic mass is 35.5. The number of likely N-dealkylation sites (N-methyl/N-ethyl adjacent to an activating group) is 1. The van der Waals surface area contributed by atoms with E-state index in [1.807, 2.05) is 18.2 Å². The molecule has 0 radical (unpaired) electrons. The van der Waals surface area contributed by atoms with Crippen LogP contribution in [0, 0.1) is 0 Å². The first-order valence-electron chi connectivity index (χ1n) is 6.83. The number of hydrogen-bond acceptors (Lipinski definition) is 2. The first-order chi connectivity index (χ1) is 8.97. The maximum atomic E-state index is 6.53. The molecule has 0 heterocycles. The second-order valence-corrected chi connectivity index (χ2v) is 6.53. The standard InChI is InChI=1S/C15H22Cl2N2/c1-19(2)15(8-3-4-9-15)14(18)10-11-12(16)6-5-7-13(11)17/h5-7,14H,3-4,8-10,18H2,1-2H3. The topological polar surface area (TPSA) is 29.3 Å². The van der Waals surface area contributed by atoms with Gasteiger partial charge in [-0.3, -0.25) is 0 Å². The molecule has 0 amide bonds. The van der Waals surface area contributed by atoms with Crippen molar-refractivity contribution in [3.8, 4) is 0 Å². The van der Waals surface area contributed by atoms with Gasteiger partial charge in [0.1, 0.15) is 0 Å². The van der Waals surface area contributed by atoms with Gasteiger partial charge in [0, 0.05) is 21.6 Å². The Hall–Kier alpha value is -0.280. The number of halogens is 2. The lowest BCUT2D eigenvalue weighted by molar-refractivity contribution is 0.123. The average Bonchev–Trinajstić information content (AvgIpc) is 2.84. The van der Waals surface area contributed by atoms with Gasteiger partial charge in [-0.15, -0.1) is 0 Å². The third-order valence-corrected chi connectivity index (χ3v) is 5.24. The fourth-order valence-electron chi connectivity index (χ4n) is 3.27. The van der Waals surface area contributed by atoms with Crippen molar-refractivity contribution in [2.45, 2.75) is 43.7 Å². The van der Waals surface area contributed by atoms with E-state index in [-0.39, 0.29) is 11.6 Å². The highest BCUT2D eigenvalue weighted by molar-refractivity contribution is 6.36. The lowest BCUT2D eigenvalue weighted by atomic mass is 9.83. The average molecular weight is 301 g/mol. The van der Waals surface area contributed by atoms with Crippen LogP contribution in [0.4, 0.5) is 0 Å². The van der Waals surface area contributed by atoms with E-state index < -0.39 is 0 Å². The van der Waals surface area contributed by atoms with Gasteiger partial charge in [0.25, 0.3) is 0 Å². The molecule has 2 N–H and O–H groups in total. The molecule has 0 spiro atoms. The van der Waals surface area contributed by atoms with E-state index in [4.69, 9.17) is 28.9 Å². The molecule has 1 aliphatic carbocycles. The molecule has 1 saturated carbocycles.